The number of carbonyl (C=O) groups excluding carboxylic acids is 1. The van der Waals surface area contributed by atoms with Crippen molar-refractivity contribution in [2.24, 2.45) is 0 Å². The summed E-state index contributed by atoms with van der Waals surface area (Å²) in [5, 5.41) is 22.3. The number of hydrogen-bond acceptors (Lipinski definition) is 5. The van der Waals surface area contributed by atoms with E-state index in [1.807, 2.05) is 12.1 Å². The predicted octanol–water partition coefficient (Wildman–Crippen LogP) is 3.99. The van der Waals surface area contributed by atoms with E-state index >= 15 is 0 Å². The van der Waals surface area contributed by atoms with Gasteiger partial charge in [-0.25, -0.2) is 0 Å². The van der Waals surface area contributed by atoms with Gasteiger partial charge in [-0.1, -0.05) is 35.9 Å². The normalized spacial score (nSPS) is 24.1. The van der Waals surface area contributed by atoms with Crippen molar-refractivity contribution in [2.45, 2.75) is 18.1 Å². The first-order valence-electron chi connectivity index (χ1n) is 8.70. The Morgan fingerprint density at radius 1 is 1.32 bits per heavy atom. The van der Waals surface area contributed by atoms with Crippen LogP contribution >= 0.6 is 23.4 Å². The Hall–Kier alpha value is -2.46. The van der Waals surface area contributed by atoms with Crippen LogP contribution in [0.5, 0.6) is 5.75 Å². The molecule has 28 heavy (non-hydrogen) atoms. The first kappa shape index (κ1) is 18.9. The van der Waals surface area contributed by atoms with Gasteiger partial charge in [-0.2, -0.15) is 5.26 Å². The molecule has 0 aromatic heterocycles. The van der Waals surface area contributed by atoms with Gasteiger partial charge in [-0.05, 0) is 29.8 Å². The largest absolute Gasteiger partial charge is 0.497 e. The second kappa shape index (κ2) is 7.17. The van der Waals surface area contributed by atoms with Gasteiger partial charge < -0.3 is 9.84 Å². The summed E-state index contributed by atoms with van der Waals surface area (Å²) in [7, 11) is 1.55. The van der Waals surface area contributed by atoms with Crippen molar-refractivity contribution in [1.29, 1.82) is 5.26 Å². The van der Waals surface area contributed by atoms with E-state index in [9.17, 15) is 15.2 Å². The lowest BCUT2D eigenvalue weighted by atomic mass is 9.85. The van der Waals surface area contributed by atoms with Crippen LogP contribution in [-0.4, -0.2) is 28.8 Å². The SMILES string of the molecule is COc1cccc([C@]2(O)CSC3=C(C#N)[C@H](c4cccc(Cl)c4)CC(=O)N32)c1. The zero-order valence-corrected chi connectivity index (χ0v) is 16.6. The molecule has 2 atom stereocenters. The van der Waals surface area contributed by atoms with Crippen LogP contribution in [0.2, 0.25) is 5.02 Å². The number of benzene rings is 2. The molecule has 1 N–H and O–H groups in total. The molecule has 2 aliphatic heterocycles. The van der Waals surface area contributed by atoms with E-state index < -0.39 is 5.72 Å². The lowest BCUT2D eigenvalue weighted by molar-refractivity contribution is -0.149. The maximum absolute atomic E-state index is 13.1. The fourth-order valence-corrected chi connectivity index (χ4v) is 5.28. The molecule has 2 heterocycles. The van der Waals surface area contributed by atoms with Crippen LogP contribution in [0.1, 0.15) is 23.5 Å². The monoisotopic (exact) mass is 412 g/mol. The van der Waals surface area contributed by atoms with Crippen molar-refractivity contribution in [3.8, 4) is 11.8 Å². The number of amides is 1. The van der Waals surface area contributed by atoms with Crippen molar-refractivity contribution < 1.29 is 14.6 Å². The zero-order chi connectivity index (χ0) is 19.9. The molecule has 2 aromatic rings. The van der Waals surface area contributed by atoms with Gasteiger partial charge in [-0.15, -0.1) is 11.8 Å². The van der Waals surface area contributed by atoms with Crippen LogP contribution < -0.4 is 4.74 Å². The van der Waals surface area contributed by atoms with Gasteiger partial charge in [0.1, 0.15) is 5.75 Å². The summed E-state index contributed by atoms with van der Waals surface area (Å²) in [6.07, 6.45) is 0.0968. The molecule has 4 rings (SSSR count). The molecule has 2 aromatic carbocycles. The minimum Gasteiger partial charge on any atom is -0.497 e. The number of rotatable bonds is 3. The maximum Gasteiger partial charge on any atom is 0.231 e. The summed E-state index contributed by atoms with van der Waals surface area (Å²) in [4.78, 5) is 14.5. The number of hydrogen-bond donors (Lipinski definition) is 1. The smallest absolute Gasteiger partial charge is 0.231 e. The van der Waals surface area contributed by atoms with Crippen LogP contribution in [0.15, 0.2) is 59.1 Å². The second-order valence-corrected chi connectivity index (χ2v) is 8.11. The number of allylic oxidation sites excluding steroid dienone is 1. The van der Waals surface area contributed by atoms with Crippen molar-refractivity contribution in [3.05, 3.63) is 75.3 Å². The van der Waals surface area contributed by atoms with Crippen LogP contribution in [0.3, 0.4) is 0 Å². The maximum atomic E-state index is 13.1. The van der Waals surface area contributed by atoms with E-state index in [0.717, 1.165) is 5.56 Å². The highest BCUT2D eigenvalue weighted by atomic mass is 35.5. The fraction of sp³-hybridized carbons (Fsp3) is 0.238. The number of methoxy groups -OCH3 is 1. The Morgan fingerprint density at radius 2 is 2.11 bits per heavy atom. The molecule has 0 spiro atoms. The van der Waals surface area contributed by atoms with Gasteiger partial charge in [0.15, 0.2) is 5.72 Å². The third-order valence-corrected chi connectivity index (χ3v) is 6.55. The average Bonchev–Trinajstić information content (AvgIpc) is 3.07. The lowest BCUT2D eigenvalue weighted by Crippen LogP contribution is -2.48. The molecule has 1 saturated heterocycles. The Morgan fingerprint density at radius 3 is 2.82 bits per heavy atom. The number of ether oxygens (including phenoxy) is 1. The number of halogens is 1. The topological polar surface area (TPSA) is 73.6 Å². The molecule has 0 unspecified atom stereocenters. The summed E-state index contributed by atoms with van der Waals surface area (Å²) in [5.74, 6) is 0.237. The summed E-state index contributed by atoms with van der Waals surface area (Å²) in [6, 6.07) is 16.5. The van der Waals surface area contributed by atoms with Gasteiger partial charge in [0.05, 0.1) is 29.5 Å². The Kier molecular flexibility index (Phi) is 4.84. The minimum absolute atomic E-state index is 0.0968. The average molecular weight is 413 g/mol. The standard InChI is InChI=1S/C21H17ClN2O3S/c1-27-16-7-3-5-14(9-16)21(26)12-28-20-18(11-23)17(10-19(25)24(20)21)13-4-2-6-15(22)8-13/h2-9,17,26H,10,12H2,1H3/t17-,21+/m0/s1. The first-order chi connectivity index (χ1) is 13.5. The zero-order valence-electron chi connectivity index (χ0n) is 15.1. The van der Waals surface area contributed by atoms with E-state index in [0.29, 0.717) is 26.9 Å². The number of fused-ring (bicyclic) bond motifs is 1. The van der Waals surface area contributed by atoms with Gasteiger partial charge in [-0.3, -0.25) is 9.69 Å². The number of carbonyl (C=O) groups is 1. The molecule has 5 nitrogen and oxygen atoms in total. The van der Waals surface area contributed by atoms with Crippen LogP contribution in [0, 0.1) is 11.3 Å². The number of thioether (sulfide) groups is 1. The lowest BCUT2D eigenvalue weighted by Gasteiger charge is -2.38. The quantitative estimate of drug-likeness (QED) is 0.825. The van der Waals surface area contributed by atoms with E-state index in [1.54, 1.807) is 43.5 Å². The molecule has 0 aliphatic carbocycles. The van der Waals surface area contributed by atoms with Gasteiger partial charge >= 0.3 is 0 Å². The van der Waals surface area contributed by atoms with Crippen molar-refractivity contribution >= 4 is 29.3 Å². The van der Waals surface area contributed by atoms with E-state index in [2.05, 4.69) is 6.07 Å². The van der Waals surface area contributed by atoms with Gasteiger partial charge in [0, 0.05) is 22.9 Å². The highest BCUT2D eigenvalue weighted by Gasteiger charge is 2.51. The highest BCUT2D eigenvalue weighted by Crippen LogP contribution is 2.52. The van der Waals surface area contributed by atoms with Crippen molar-refractivity contribution in [2.75, 3.05) is 12.9 Å². The number of nitriles is 1. The van der Waals surface area contributed by atoms with Crippen LogP contribution in [-0.2, 0) is 10.5 Å². The van der Waals surface area contributed by atoms with E-state index in [-0.39, 0.29) is 24.0 Å². The van der Waals surface area contributed by atoms with Gasteiger partial charge in [0.2, 0.25) is 5.91 Å². The molecule has 7 heteroatoms. The van der Waals surface area contributed by atoms with E-state index in [1.165, 1.54) is 16.7 Å². The minimum atomic E-state index is -1.52. The summed E-state index contributed by atoms with van der Waals surface area (Å²) in [6.45, 7) is 0. The van der Waals surface area contributed by atoms with Gasteiger partial charge in [0.25, 0.3) is 0 Å². The Labute approximate surface area is 172 Å². The predicted molar refractivity (Wildman–Crippen MR) is 108 cm³/mol. The molecule has 1 amide bonds. The first-order valence-corrected chi connectivity index (χ1v) is 10.1. The van der Waals surface area contributed by atoms with E-state index in [4.69, 9.17) is 16.3 Å². The number of aliphatic hydroxyl groups is 1. The number of nitrogens with zero attached hydrogens (tertiary/aromatic N) is 2. The molecular weight excluding hydrogens is 396 g/mol. The molecule has 0 radical (unpaired) electrons. The summed E-state index contributed by atoms with van der Waals surface area (Å²) in [5.41, 5.74) is 0.335. The van der Waals surface area contributed by atoms with Crippen LogP contribution in [0.25, 0.3) is 0 Å². The fourth-order valence-electron chi connectivity index (χ4n) is 3.72. The Bertz CT molecular complexity index is 1030. The van der Waals surface area contributed by atoms with Crippen molar-refractivity contribution in [3.63, 3.8) is 0 Å². The second-order valence-electron chi connectivity index (χ2n) is 6.71. The van der Waals surface area contributed by atoms with Crippen LogP contribution in [0.4, 0.5) is 0 Å². The molecule has 142 valence electrons. The molecule has 0 saturated carbocycles. The molecule has 2 aliphatic rings. The third kappa shape index (κ3) is 2.96. The molecule has 1 fully saturated rings. The third-order valence-electron chi connectivity index (χ3n) is 5.09. The summed E-state index contributed by atoms with van der Waals surface area (Å²) < 4.78 is 5.25. The molecular formula is C21H17ClN2O3S. The molecule has 0 bridgehead atoms. The van der Waals surface area contributed by atoms with Crippen molar-refractivity contribution in [1.82, 2.24) is 4.90 Å². The highest BCUT2D eigenvalue weighted by molar-refractivity contribution is 8.03. The summed E-state index contributed by atoms with van der Waals surface area (Å²) >= 11 is 7.42. The Balaban J connectivity index is 1.81.